The van der Waals surface area contributed by atoms with E-state index in [4.69, 9.17) is 14.2 Å². The van der Waals surface area contributed by atoms with Crippen LogP contribution in [0, 0.1) is 5.92 Å². The summed E-state index contributed by atoms with van der Waals surface area (Å²) in [6, 6.07) is 7.44. The summed E-state index contributed by atoms with van der Waals surface area (Å²) in [4.78, 5) is 78.9. The third kappa shape index (κ3) is 8.41. The Morgan fingerprint density at radius 1 is 1.00 bits per heavy atom. The van der Waals surface area contributed by atoms with Crippen LogP contribution in [0.15, 0.2) is 30.3 Å². The number of carbonyl (C=O) groups excluding carboxylic acids is 6. The van der Waals surface area contributed by atoms with Crippen molar-refractivity contribution in [1.29, 1.82) is 0 Å². The molecular weight excluding hydrogens is 658 g/mol. The van der Waals surface area contributed by atoms with Crippen LogP contribution in [-0.2, 0) is 41.6 Å². The third-order valence-corrected chi connectivity index (χ3v) is 9.91. The molecule has 274 valence electrons. The van der Waals surface area contributed by atoms with Crippen LogP contribution in [0.25, 0.3) is 11.1 Å². The van der Waals surface area contributed by atoms with E-state index >= 15 is 0 Å². The Bertz CT molecular complexity index is 1700. The van der Waals surface area contributed by atoms with Crippen LogP contribution in [0.5, 0.6) is 5.75 Å². The van der Waals surface area contributed by atoms with Crippen LogP contribution < -0.4 is 15.4 Å². The fourth-order valence-electron chi connectivity index (χ4n) is 6.72. The summed E-state index contributed by atoms with van der Waals surface area (Å²) in [6.45, 7) is 8.67. The molecular formula is C38H47N3O10. The summed E-state index contributed by atoms with van der Waals surface area (Å²) in [5, 5.41) is 5.71. The van der Waals surface area contributed by atoms with Gasteiger partial charge in [0.25, 0.3) is 0 Å². The number of ketones is 2. The molecule has 2 aromatic rings. The zero-order valence-corrected chi connectivity index (χ0v) is 30.0. The van der Waals surface area contributed by atoms with Crippen molar-refractivity contribution in [2.24, 2.45) is 5.92 Å². The van der Waals surface area contributed by atoms with Crippen molar-refractivity contribution < 1.29 is 47.7 Å². The minimum absolute atomic E-state index is 0.167. The number of amides is 2. The van der Waals surface area contributed by atoms with Crippen LogP contribution in [0.1, 0.15) is 92.1 Å². The summed E-state index contributed by atoms with van der Waals surface area (Å²) in [5.41, 5.74) is 4.04. The lowest BCUT2D eigenvalue weighted by molar-refractivity contribution is -0.154. The number of carbonyl (C=O) groups is 6. The molecule has 2 heterocycles. The number of aryl methyl sites for hydroxylation is 1. The smallest absolute Gasteiger partial charge is 0.407 e. The van der Waals surface area contributed by atoms with Gasteiger partial charge < -0.3 is 34.5 Å². The minimum Gasteiger partial charge on any atom is -0.488 e. The SMILES string of the molecule is CC[C@H](C)N(CC(=O)OC1CCc2cc3c(cc2C1=O)OCc1cc(C(=O)COC(=O)[C@@H]2CC[C@H](C)N2)ccc1-3)C(=O)[C@@H](NC(=O)OC)C(C)C. The van der Waals surface area contributed by atoms with Gasteiger partial charge in [-0.3, -0.25) is 24.0 Å². The Kier molecular flexibility index (Phi) is 11.8. The minimum atomic E-state index is -1.03. The van der Waals surface area contributed by atoms with Crippen LogP contribution in [-0.4, -0.2) is 90.9 Å². The van der Waals surface area contributed by atoms with E-state index in [1.54, 1.807) is 39.0 Å². The highest BCUT2D eigenvalue weighted by molar-refractivity contribution is 6.04. The van der Waals surface area contributed by atoms with Gasteiger partial charge in [0.15, 0.2) is 18.5 Å². The van der Waals surface area contributed by atoms with Crippen molar-refractivity contribution in [1.82, 2.24) is 15.5 Å². The first-order valence-corrected chi connectivity index (χ1v) is 17.6. The predicted molar refractivity (Wildman–Crippen MR) is 185 cm³/mol. The van der Waals surface area contributed by atoms with Crippen molar-refractivity contribution in [3.8, 4) is 16.9 Å². The molecule has 2 aliphatic heterocycles. The van der Waals surface area contributed by atoms with Gasteiger partial charge >= 0.3 is 18.0 Å². The lowest BCUT2D eigenvalue weighted by Gasteiger charge is -2.33. The molecule has 1 saturated heterocycles. The quantitative estimate of drug-likeness (QED) is 0.185. The number of rotatable bonds is 12. The van der Waals surface area contributed by atoms with Gasteiger partial charge in [-0.1, -0.05) is 32.9 Å². The molecule has 2 aromatic carbocycles. The van der Waals surface area contributed by atoms with E-state index in [9.17, 15) is 28.8 Å². The Hall–Kier alpha value is -4.78. The molecule has 2 N–H and O–H groups in total. The molecule has 0 aromatic heterocycles. The van der Waals surface area contributed by atoms with Crippen LogP contribution >= 0.6 is 0 Å². The molecule has 5 rings (SSSR count). The largest absolute Gasteiger partial charge is 0.488 e. The third-order valence-electron chi connectivity index (χ3n) is 9.91. The van der Waals surface area contributed by atoms with Gasteiger partial charge in [0, 0.05) is 28.8 Å². The zero-order valence-electron chi connectivity index (χ0n) is 30.0. The zero-order chi connectivity index (χ0) is 37.0. The Labute approximate surface area is 297 Å². The number of ether oxygens (including phenoxy) is 4. The molecule has 1 fully saturated rings. The number of fused-ring (bicyclic) bond motifs is 4. The first-order valence-electron chi connectivity index (χ1n) is 17.6. The second kappa shape index (κ2) is 16.1. The van der Waals surface area contributed by atoms with Gasteiger partial charge in [0.2, 0.25) is 11.7 Å². The number of esters is 2. The predicted octanol–water partition coefficient (Wildman–Crippen LogP) is 4.16. The average molecular weight is 706 g/mol. The number of methoxy groups -OCH3 is 1. The van der Waals surface area contributed by atoms with Gasteiger partial charge in [-0.05, 0) is 86.8 Å². The molecule has 0 bridgehead atoms. The van der Waals surface area contributed by atoms with E-state index in [0.29, 0.717) is 36.1 Å². The molecule has 0 saturated carbocycles. The highest BCUT2D eigenvalue weighted by Gasteiger charge is 2.36. The highest BCUT2D eigenvalue weighted by Crippen LogP contribution is 2.41. The summed E-state index contributed by atoms with van der Waals surface area (Å²) >= 11 is 0. The molecule has 51 heavy (non-hydrogen) atoms. The van der Waals surface area contributed by atoms with Crippen molar-refractivity contribution in [2.75, 3.05) is 20.3 Å². The van der Waals surface area contributed by atoms with Gasteiger partial charge in [-0.2, -0.15) is 0 Å². The standard InChI is InChI=1S/C38H47N3O10/c1-7-22(5)41(36(45)34(20(2)3)40-38(47)48-6)17-33(43)51-31-13-10-23-15-28-26-11-9-24(14-25(26)18-49-32(28)16-27(23)35(31)44)30(42)19-50-37(46)29-12-8-21(4)39-29/h9,11,14-16,20-22,29,31,34,39H,7-8,10,12-13,17-19H2,1-6H3,(H,40,47)/t21-,22-,29-,31?,34-/m0/s1. The van der Waals surface area contributed by atoms with Crippen molar-refractivity contribution in [2.45, 2.75) is 104 Å². The van der Waals surface area contributed by atoms with E-state index in [1.807, 2.05) is 26.0 Å². The molecule has 3 aliphatic rings. The maximum Gasteiger partial charge on any atom is 0.407 e. The van der Waals surface area contributed by atoms with Gasteiger partial charge in [-0.15, -0.1) is 0 Å². The fourth-order valence-corrected chi connectivity index (χ4v) is 6.72. The summed E-state index contributed by atoms with van der Waals surface area (Å²) in [7, 11) is 1.21. The number of nitrogens with zero attached hydrogens (tertiary/aromatic N) is 1. The van der Waals surface area contributed by atoms with Crippen LogP contribution in [0.4, 0.5) is 4.79 Å². The molecule has 0 radical (unpaired) electrons. The normalized spacial score (nSPS) is 20.1. The van der Waals surface area contributed by atoms with Gasteiger partial charge in [0.1, 0.15) is 31.0 Å². The molecule has 1 aliphatic carbocycles. The number of benzene rings is 2. The summed E-state index contributed by atoms with van der Waals surface area (Å²) < 4.78 is 21.7. The molecule has 5 atom stereocenters. The maximum atomic E-state index is 13.6. The van der Waals surface area contributed by atoms with E-state index in [-0.39, 0.29) is 55.7 Å². The van der Waals surface area contributed by atoms with Crippen molar-refractivity contribution >= 4 is 35.5 Å². The lowest BCUT2D eigenvalue weighted by atomic mass is 9.84. The topological polar surface area (TPSA) is 167 Å². The van der Waals surface area contributed by atoms with Gasteiger partial charge in [0.05, 0.1) is 7.11 Å². The van der Waals surface area contributed by atoms with E-state index in [2.05, 4.69) is 15.4 Å². The first kappa shape index (κ1) is 37.5. The molecule has 13 heteroatoms. The maximum absolute atomic E-state index is 13.6. The van der Waals surface area contributed by atoms with Crippen LogP contribution in [0.2, 0.25) is 0 Å². The number of nitrogens with one attached hydrogen (secondary N) is 2. The van der Waals surface area contributed by atoms with E-state index < -0.39 is 42.1 Å². The second-order valence-electron chi connectivity index (χ2n) is 13.9. The highest BCUT2D eigenvalue weighted by atomic mass is 16.6. The van der Waals surface area contributed by atoms with Crippen LogP contribution in [0.3, 0.4) is 0 Å². The van der Waals surface area contributed by atoms with E-state index in [1.165, 1.54) is 12.0 Å². The number of hydrogen-bond acceptors (Lipinski definition) is 11. The first-order chi connectivity index (χ1) is 24.3. The van der Waals surface area contributed by atoms with Crippen molar-refractivity contribution in [3.05, 3.63) is 52.6 Å². The molecule has 13 nitrogen and oxygen atoms in total. The summed E-state index contributed by atoms with van der Waals surface area (Å²) in [6.07, 6.45) is 1.06. The van der Waals surface area contributed by atoms with Crippen molar-refractivity contribution in [3.63, 3.8) is 0 Å². The number of Topliss-reactive ketones (excluding diaryl/α,β-unsaturated/α-hetero) is 2. The molecule has 2 amide bonds. The Balaban J connectivity index is 1.24. The second-order valence-corrected chi connectivity index (χ2v) is 13.9. The number of hydrogen-bond donors (Lipinski definition) is 2. The molecule has 0 spiro atoms. The summed E-state index contributed by atoms with van der Waals surface area (Å²) in [5.74, 6) is -2.04. The molecule has 1 unspecified atom stereocenters. The Morgan fingerprint density at radius 2 is 1.76 bits per heavy atom. The lowest BCUT2D eigenvalue weighted by Crippen LogP contribution is -2.55. The average Bonchev–Trinajstić information content (AvgIpc) is 3.57. The monoisotopic (exact) mass is 705 g/mol. The van der Waals surface area contributed by atoms with Gasteiger partial charge in [-0.25, -0.2) is 4.79 Å². The van der Waals surface area contributed by atoms with E-state index in [0.717, 1.165) is 28.7 Å². The number of alkyl carbamates (subject to hydrolysis) is 1. The fraction of sp³-hybridized carbons (Fsp3) is 0.526. The Morgan fingerprint density at radius 3 is 2.43 bits per heavy atom.